The molecule has 0 unspecified atom stereocenters. The molecule has 0 aliphatic heterocycles. The van der Waals surface area contributed by atoms with Crippen molar-refractivity contribution in [1.29, 1.82) is 0 Å². The van der Waals surface area contributed by atoms with Gasteiger partial charge in [-0.2, -0.15) is 0 Å². The van der Waals surface area contributed by atoms with Gasteiger partial charge < -0.3 is 10.2 Å². The number of thioether (sulfide) groups is 1. The zero-order chi connectivity index (χ0) is 18.8. The number of Topliss-reactive ketones (excluding diaryl/α,β-unsaturated/α-hetero) is 1. The van der Waals surface area contributed by atoms with Crippen molar-refractivity contribution in [1.82, 2.24) is 9.97 Å². The molecule has 0 aliphatic rings. The molecule has 7 heteroatoms. The Kier molecular flexibility index (Phi) is 4.79. The van der Waals surface area contributed by atoms with Crippen LogP contribution >= 0.6 is 23.1 Å². The number of carbonyl (C=O) groups excluding carboxylic acids is 1. The van der Waals surface area contributed by atoms with E-state index in [4.69, 9.17) is 0 Å². The lowest BCUT2D eigenvalue weighted by molar-refractivity contribution is 0.102. The van der Waals surface area contributed by atoms with Gasteiger partial charge in [-0.25, -0.2) is 9.97 Å². The van der Waals surface area contributed by atoms with E-state index in [-0.39, 0.29) is 23.0 Å². The van der Waals surface area contributed by atoms with E-state index in [2.05, 4.69) is 15.3 Å². The maximum Gasteiger partial charge on any atom is 0.173 e. The van der Waals surface area contributed by atoms with Gasteiger partial charge in [0.1, 0.15) is 16.2 Å². The third-order valence-electron chi connectivity index (χ3n) is 4.06. The highest BCUT2D eigenvalue weighted by molar-refractivity contribution is 8.00. The third-order valence-corrected chi connectivity index (χ3v) is 5.93. The molecule has 27 heavy (non-hydrogen) atoms. The van der Waals surface area contributed by atoms with Crippen LogP contribution in [0.5, 0.6) is 11.5 Å². The Hall–Kier alpha value is -2.90. The van der Waals surface area contributed by atoms with E-state index >= 15 is 0 Å². The number of carbonyl (C=O) groups is 1. The Morgan fingerprint density at radius 1 is 1.04 bits per heavy atom. The number of rotatable bonds is 5. The van der Waals surface area contributed by atoms with Crippen LogP contribution in [0.4, 0.5) is 0 Å². The van der Waals surface area contributed by atoms with Crippen LogP contribution in [0.25, 0.3) is 21.3 Å². The molecule has 134 valence electrons. The second-order valence-electron chi connectivity index (χ2n) is 5.79. The first-order valence-electron chi connectivity index (χ1n) is 8.09. The lowest BCUT2D eigenvalue weighted by Crippen LogP contribution is -2.02. The van der Waals surface area contributed by atoms with Crippen LogP contribution in [0.1, 0.15) is 10.4 Å². The average molecular weight is 394 g/mol. The summed E-state index contributed by atoms with van der Waals surface area (Å²) < 4.78 is 0. The topological polar surface area (TPSA) is 83.3 Å². The smallest absolute Gasteiger partial charge is 0.173 e. The second-order valence-corrected chi connectivity index (χ2v) is 7.61. The van der Waals surface area contributed by atoms with Crippen molar-refractivity contribution < 1.29 is 15.0 Å². The monoisotopic (exact) mass is 394 g/mol. The molecule has 0 spiro atoms. The molecule has 5 nitrogen and oxygen atoms in total. The fraction of sp³-hybridized carbons (Fsp3) is 0.0500. The van der Waals surface area contributed by atoms with Gasteiger partial charge in [-0.15, -0.1) is 11.3 Å². The van der Waals surface area contributed by atoms with Gasteiger partial charge in [0.15, 0.2) is 17.3 Å². The van der Waals surface area contributed by atoms with Gasteiger partial charge in [-0.1, -0.05) is 42.1 Å². The number of phenolic OH excluding ortho intramolecular Hbond substituents is 2. The molecule has 0 aliphatic carbocycles. The highest BCUT2D eigenvalue weighted by Crippen LogP contribution is 2.38. The molecule has 4 aromatic rings. The van der Waals surface area contributed by atoms with Gasteiger partial charge in [0.25, 0.3) is 0 Å². The van der Waals surface area contributed by atoms with Crippen molar-refractivity contribution in [2.24, 2.45) is 0 Å². The van der Waals surface area contributed by atoms with Crippen LogP contribution in [-0.2, 0) is 0 Å². The van der Waals surface area contributed by atoms with Gasteiger partial charge in [0.2, 0.25) is 0 Å². The molecule has 0 atom stereocenters. The largest absolute Gasteiger partial charge is 0.504 e. The van der Waals surface area contributed by atoms with Crippen LogP contribution in [0.2, 0.25) is 0 Å². The molecule has 4 rings (SSSR count). The second kappa shape index (κ2) is 7.38. The average Bonchev–Trinajstić information content (AvgIpc) is 3.13. The van der Waals surface area contributed by atoms with E-state index in [0.29, 0.717) is 5.56 Å². The van der Waals surface area contributed by atoms with E-state index in [9.17, 15) is 15.0 Å². The molecular formula is C20H14N2O3S2. The summed E-state index contributed by atoms with van der Waals surface area (Å²) in [5.74, 6) is -0.541. The number of benzene rings is 2. The van der Waals surface area contributed by atoms with Crippen molar-refractivity contribution in [3.63, 3.8) is 0 Å². The lowest BCUT2D eigenvalue weighted by atomic mass is 10.1. The number of aromatic nitrogens is 2. The number of thiophene rings is 1. The maximum absolute atomic E-state index is 12.5. The fourth-order valence-electron chi connectivity index (χ4n) is 2.70. The van der Waals surface area contributed by atoms with Crippen LogP contribution in [0.15, 0.2) is 65.3 Å². The number of ketones is 1. The molecule has 0 saturated heterocycles. The Balaban J connectivity index is 1.63. The summed E-state index contributed by atoms with van der Waals surface area (Å²) in [5.41, 5.74) is 2.47. The molecule has 2 N–H and O–H groups in total. The molecule has 2 heterocycles. The number of phenols is 2. The normalized spacial score (nSPS) is 11.0. The third kappa shape index (κ3) is 3.51. The van der Waals surface area contributed by atoms with Crippen molar-refractivity contribution >= 4 is 39.1 Å². The molecule has 0 radical (unpaired) electrons. The van der Waals surface area contributed by atoms with Gasteiger partial charge in [-0.05, 0) is 23.8 Å². The molecule has 0 bridgehead atoms. The van der Waals surface area contributed by atoms with Crippen LogP contribution in [0, 0.1) is 0 Å². The molecule has 0 amide bonds. The van der Waals surface area contributed by atoms with E-state index in [1.54, 1.807) is 11.3 Å². The van der Waals surface area contributed by atoms with Gasteiger partial charge in [-0.3, -0.25) is 4.79 Å². The van der Waals surface area contributed by atoms with Gasteiger partial charge in [0, 0.05) is 16.5 Å². The number of nitrogens with zero attached hydrogens (tertiary/aromatic N) is 2. The number of hydrogen-bond acceptors (Lipinski definition) is 7. The Morgan fingerprint density at radius 3 is 2.63 bits per heavy atom. The molecule has 2 aromatic heterocycles. The minimum Gasteiger partial charge on any atom is -0.504 e. The maximum atomic E-state index is 12.5. The predicted molar refractivity (Wildman–Crippen MR) is 108 cm³/mol. The van der Waals surface area contributed by atoms with E-state index < -0.39 is 0 Å². The summed E-state index contributed by atoms with van der Waals surface area (Å²) >= 11 is 2.89. The minimum absolute atomic E-state index is 0.154. The Labute approximate surface area is 163 Å². The van der Waals surface area contributed by atoms with Crippen molar-refractivity contribution in [3.8, 4) is 22.6 Å². The van der Waals surface area contributed by atoms with Gasteiger partial charge in [0.05, 0.1) is 11.1 Å². The first-order chi connectivity index (χ1) is 13.1. The van der Waals surface area contributed by atoms with E-state index in [0.717, 1.165) is 26.4 Å². The summed E-state index contributed by atoms with van der Waals surface area (Å²) in [7, 11) is 0. The number of aromatic hydroxyl groups is 2. The zero-order valence-electron chi connectivity index (χ0n) is 14.0. The van der Waals surface area contributed by atoms with Crippen LogP contribution < -0.4 is 0 Å². The van der Waals surface area contributed by atoms with Gasteiger partial charge >= 0.3 is 0 Å². The highest BCUT2D eigenvalue weighted by atomic mass is 32.2. The number of fused-ring (bicyclic) bond motifs is 1. The lowest BCUT2D eigenvalue weighted by Gasteiger charge is -2.06. The molecule has 0 fully saturated rings. The molecular weight excluding hydrogens is 380 g/mol. The van der Waals surface area contributed by atoms with Crippen molar-refractivity contribution in [2.75, 3.05) is 5.75 Å². The zero-order valence-corrected chi connectivity index (χ0v) is 15.6. The summed E-state index contributed by atoms with van der Waals surface area (Å²) in [5, 5.41) is 22.7. The van der Waals surface area contributed by atoms with Crippen LogP contribution in [0.3, 0.4) is 0 Å². The van der Waals surface area contributed by atoms with Crippen molar-refractivity contribution in [3.05, 3.63) is 65.8 Å². The highest BCUT2D eigenvalue weighted by Gasteiger charge is 2.16. The minimum atomic E-state index is -0.306. The van der Waals surface area contributed by atoms with Crippen LogP contribution in [-0.4, -0.2) is 31.7 Å². The Bertz CT molecular complexity index is 1130. The van der Waals surface area contributed by atoms with E-state index in [1.165, 1.54) is 36.3 Å². The summed E-state index contributed by atoms with van der Waals surface area (Å²) in [4.78, 5) is 22.1. The first-order valence-corrected chi connectivity index (χ1v) is 9.95. The first kappa shape index (κ1) is 17.5. The Morgan fingerprint density at radius 2 is 1.85 bits per heavy atom. The summed E-state index contributed by atoms with van der Waals surface area (Å²) in [6.07, 6.45) is 1.51. The predicted octanol–water partition coefficient (Wildman–Crippen LogP) is 4.74. The number of hydrogen-bond donors (Lipinski definition) is 2. The summed E-state index contributed by atoms with van der Waals surface area (Å²) in [6, 6.07) is 14.1. The molecule has 0 saturated carbocycles. The van der Waals surface area contributed by atoms with E-state index in [1.807, 2.05) is 30.3 Å². The quantitative estimate of drug-likeness (QED) is 0.220. The fourth-order valence-corrected chi connectivity index (χ4v) is 4.59. The van der Waals surface area contributed by atoms with Crippen molar-refractivity contribution in [2.45, 2.75) is 5.03 Å². The SMILES string of the molecule is O=C(CSc1ncnc2scc(-c3ccccc3)c12)c1ccc(O)c(O)c1. The standard InChI is InChI=1S/C20H14N2O3S2/c23-15-7-6-13(8-16(15)24)17(25)10-27-20-18-14(12-4-2-1-3-5-12)9-26-19(18)21-11-22-20/h1-9,11,23-24H,10H2. The molecule has 2 aromatic carbocycles. The summed E-state index contributed by atoms with van der Waals surface area (Å²) in [6.45, 7) is 0.